The first-order chi connectivity index (χ1) is 18.1. The smallest absolute Gasteiger partial charge is 0.417 e. The van der Waals surface area contributed by atoms with Crippen molar-refractivity contribution < 1.29 is 66.8 Å². The van der Waals surface area contributed by atoms with E-state index in [0.717, 1.165) is 12.2 Å². The van der Waals surface area contributed by atoms with Crippen LogP contribution in [0.5, 0.6) is 0 Å². The van der Waals surface area contributed by atoms with E-state index in [9.17, 15) is 38.4 Å². The topological polar surface area (TPSA) is 216 Å². The molecule has 0 aromatic carbocycles. The molecular weight excluding hydrogens is 516 g/mol. The van der Waals surface area contributed by atoms with Crippen LogP contribution in [-0.2, 0) is 66.8 Å². The summed E-state index contributed by atoms with van der Waals surface area (Å²) in [5.74, 6) is -8.56. The van der Waals surface area contributed by atoms with Crippen molar-refractivity contribution in [1.82, 2.24) is 10.6 Å². The number of rotatable bonds is 16. The number of carbonyl (C=O) groups is 8. The monoisotopic (exact) mass is 544 g/mol. The first kappa shape index (κ1) is 33.2. The van der Waals surface area contributed by atoms with Crippen molar-refractivity contribution in [2.45, 2.75) is 12.8 Å². The second kappa shape index (κ2) is 20.4. The number of esters is 6. The van der Waals surface area contributed by atoms with Gasteiger partial charge in [0.05, 0.1) is 13.2 Å². The van der Waals surface area contributed by atoms with E-state index in [1.54, 1.807) is 0 Å². The lowest BCUT2D eigenvalue weighted by Crippen LogP contribution is -2.41. The van der Waals surface area contributed by atoms with Crippen LogP contribution in [0.1, 0.15) is 12.8 Å². The molecule has 38 heavy (non-hydrogen) atoms. The summed E-state index contributed by atoms with van der Waals surface area (Å²) in [6.45, 7) is 4.47. The number of ether oxygens (including phenoxy) is 6. The van der Waals surface area contributed by atoms with Crippen LogP contribution >= 0.6 is 0 Å². The molecule has 0 aliphatic heterocycles. The second-order valence-corrected chi connectivity index (χ2v) is 6.51. The summed E-state index contributed by atoms with van der Waals surface area (Å²) in [5.41, 5.74) is 0. The highest BCUT2D eigenvalue weighted by Crippen LogP contribution is 1.91. The van der Waals surface area contributed by atoms with Crippen LogP contribution in [0, 0.1) is 0 Å². The van der Waals surface area contributed by atoms with Crippen molar-refractivity contribution in [3.63, 3.8) is 0 Å². The summed E-state index contributed by atoms with van der Waals surface area (Å²) >= 11 is 0. The van der Waals surface area contributed by atoms with Crippen molar-refractivity contribution in [3.05, 3.63) is 25.3 Å². The quantitative estimate of drug-likeness (QED) is 0.0683. The molecule has 0 radical (unpaired) electrons. The Morgan fingerprint density at radius 2 is 0.763 bits per heavy atom. The molecule has 0 aromatic heterocycles. The lowest BCUT2D eigenvalue weighted by molar-refractivity contribution is -0.169. The fourth-order valence-electron chi connectivity index (χ4n) is 1.95. The number of amides is 2. The molecule has 0 unspecified atom stereocenters. The zero-order valence-electron chi connectivity index (χ0n) is 20.4. The van der Waals surface area contributed by atoms with E-state index in [2.05, 4.69) is 52.2 Å². The molecule has 0 fully saturated rings. The van der Waals surface area contributed by atoms with Gasteiger partial charge in [0, 0.05) is 25.2 Å². The Kier molecular flexibility index (Phi) is 17.9. The molecule has 0 bridgehead atoms. The van der Waals surface area contributed by atoms with Crippen molar-refractivity contribution in [1.29, 1.82) is 0 Å². The largest absolute Gasteiger partial charge is 0.459 e. The Morgan fingerprint density at radius 3 is 1.08 bits per heavy atom. The predicted octanol–water partition coefficient (Wildman–Crippen LogP) is -2.37. The molecule has 16 heteroatoms. The number of nitrogens with one attached hydrogen (secondary N) is 2. The Balaban J connectivity index is 3.82. The minimum Gasteiger partial charge on any atom is -0.459 e. The second-order valence-electron chi connectivity index (χ2n) is 6.51. The average molecular weight is 544 g/mol. The Hall–Kier alpha value is -4.76. The highest BCUT2D eigenvalue weighted by atomic mass is 16.6. The highest BCUT2D eigenvalue weighted by Gasteiger charge is 2.19. The van der Waals surface area contributed by atoms with E-state index >= 15 is 0 Å². The van der Waals surface area contributed by atoms with E-state index in [4.69, 9.17) is 0 Å². The molecule has 210 valence electrons. The third-order valence-corrected chi connectivity index (χ3v) is 3.67. The Morgan fingerprint density at radius 1 is 0.474 bits per heavy atom. The van der Waals surface area contributed by atoms with Crippen LogP contribution in [0.15, 0.2) is 25.3 Å². The lowest BCUT2D eigenvalue weighted by Gasteiger charge is -2.08. The maximum absolute atomic E-state index is 11.7. The van der Waals surface area contributed by atoms with Crippen LogP contribution < -0.4 is 10.6 Å². The van der Waals surface area contributed by atoms with Crippen molar-refractivity contribution in [2.75, 3.05) is 52.7 Å². The van der Waals surface area contributed by atoms with E-state index in [0.29, 0.717) is 0 Å². The maximum Gasteiger partial charge on any atom is 0.417 e. The van der Waals surface area contributed by atoms with Gasteiger partial charge in [0.2, 0.25) is 0 Å². The van der Waals surface area contributed by atoms with Gasteiger partial charge in [-0.2, -0.15) is 0 Å². The van der Waals surface area contributed by atoms with Crippen LogP contribution in [-0.4, -0.2) is 100 Å². The first-order valence-electron chi connectivity index (χ1n) is 10.9. The van der Waals surface area contributed by atoms with Gasteiger partial charge in [0.1, 0.15) is 26.4 Å². The van der Waals surface area contributed by atoms with Gasteiger partial charge in [-0.25, -0.2) is 28.8 Å². The summed E-state index contributed by atoms with van der Waals surface area (Å²) in [6.07, 6.45) is 1.99. The molecule has 0 aliphatic rings. The Labute approximate surface area is 216 Å². The molecular formula is C22H28N2O14. The van der Waals surface area contributed by atoms with Gasteiger partial charge < -0.3 is 39.1 Å². The number of hydrogen-bond donors (Lipinski definition) is 2. The zero-order valence-corrected chi connectivity index (χ0v) is 20.4. The SMILES string of the molecule is C=CC(=O)OCCOC(=O)C(=O)OCCCNC(=O)C(=O)NCCCOC(=O)C(=O)OCCOC(=O)C=C. The molecule has 0 rings (SSSR count). The van der Waals surface area contributed by atoms with Gasteiger partial charge in [-0.1, -0.05) is 13.2 Å². The number of carbonyl (C=O) groups excluding carboxylic acids is 8. The van der Waals surface area contributed by atoms with Gasteiger partial charge in [-0.3, -0.25) is 9.59 Å². The van der Waals surface area contributed by atoms with Crippen LogP contribution in [0.3, 0.4) is 0 Å². The molecule has 0 saturated carbocycles. The van der Waals surface area contributed by atoms with E-state index in [-0.39, 0.29) is 65.6 Å². The van der Waals surface area contributed by atoms with Gasteiger partial charge in [-0.15, -0.1) is 0 Å². The summed E-state index contributed by atoms with van der Waals surface area (Å²) in [7, 11) is 0. The molecule has 0 aliphatic carbocycles. The molecule has 0 atom stereocenters. The standard InChI is InChI=1S/C22H28N2O14/c1-3-15(25)33-11-13-37-21(31)19(29)35-9-5-7-23-17(27)18(28)24-8-6-10-36-20(30)22(32)38-14-12-34-16(26)4-2/h3-4H,1-2,5-14H2,(H,23,27)(H,24,28). The lowest BCUT2D eigenvalue weighted by atomic mass is 10.4. The van der Waals surface area contributed by atoms with Gasteiger partial charge in [-0.05, 0) is 12.8 Å². The molecule has 0 saturated heterocycles. The molecule has 0 heterocycles. The summed E-state index contributed by atoms with van der Waals surface area (Å²) < 4.78 is 27.4. The molecule has 2 N–H and O–H groups in total. The molecule has 16 nitrogen and oxygen atoms in total. The van der Waals surface area contributed by atoms with Crippen molar-refractivity contribution in [3.8, 4) is 0 Å². The average Bonchev–Trinajstić information content (AvgIpc) is 2.91. The Bertz CT molecular complexity index is 826. The van der Waals surface area contributed by atoms with Crippen LogP contribution in [0.4, 0.5) is 0 Å². The van der Waals surface area contributed by atoms with Crippen molar-refractivity contribution in [2.24, 2.45) is 0 Å². The minimum absolute atomic E-state index is 0.0569. The number of hydrogen-bond acceptors (Lipinski definition) is 14. The van der Waals surface area contributed by atoms with Gasteiger partial charge in [0.25, 0.3) is 0 Å². The molecule has 0 aromatic rings. The molecule has 0 spiro atoms. The summed E-state index contributed by atoms with van der Waals surface area (Å²) in [6, 6.07) is 0. The molecule has 2 amide bonds. The van der Waals surface area contributed by atoms with E-state index in [1.165, 1.54) is 0 Å². The highest BCUT2D eigenvalue weighted by molar-refractivity contribution is 6.35. The zero-order chi connectivity index (χ0) is 28.8. The van der Waals surface area contributed by atoms with E-state index in [1.807, 2.05) is 0 Å². The van der Waals surface area contributed by atoms with Crippen molar-refractivity contribution >= 4 is 47.6 Å². The first-order valence-corrected chi connectivity index (χ1v) is 10.9. The van der Waals surface area contributed by atoms with Gasteiger partial charge in [0.15, 0.2) is 0 Å². The fourth-order valence-corrected chi connectivity index (χ4v) is 1.95. The summed E-state index contributed by atoms with van der Waals surface area (Å²) in [5, 5.41) is 4.51. The van der Waals surface area contributed by atoms with Crippen LogP contribution in [0.2, 0.25) is 0 Å². The third kappa shape index (κ3) is 16.8. The normalized spacial score (nSPS) is 9.58. The van der Waals surface area contributed by atoms with Gasteiger partial charge >= 0.3 is 47.6 Å². The predicted molar refractivity (Wildman–Crippen MR) is 121 cm³/mol. The van der Waals surface area contributed by atoms with E-state index < -0.39 is 47.6 Å². The summed E-state index contributed by atoms with van der Waals surface area (Å²) in [4.78, 5) is 90.5. The minimum atomic E-state index is -1.29. The fraction of sp³-hybridized carbons (Fsp3) is 0.455. The third-order valence-electron chi connectivity index (χ3n) is 3.67. The maximum atomic E-state index is 11.7. The van der Waals surface area contributed by atoms with Crippen LogP contribution in [0.25, 0.3) is 0 Å².